The summed E-state index contributed by atoms with van der Waals surface area (Å²) in [5, 5.41) is 4.28. The Hall–Kier alpha value is -0.500. The first-order valence-electron chi connectivity index (χ1n) is 4.96. The number of nitrogens with zero attached hydrogens (tertiary/aromatic N) is 2. The minimum absolute atomic E-state index is 0.574. The van der Waals surface area contributed by atoms with E-state index in [-0.39, 0.29) is 0 Å². The largest absolute Gasteiger partial charge is 0.272 e. The third-order valence-electron chi connectivity index (χ3n) is 2.76. The highest BCUT2D eigenvalue weighted by Gasteiger charge is 2.15. The lowest BCUT2D eigenvalue weighted by Crippen LogP contribution is -2.07. The molecule has 0 spiro atoms. The zero-order chi connectivity index (χ0) is 9.10. The molecule has 0 bridgehead atoms. The molecule has 0 unspecified atom stereocenters. The third-order valence-corrected chi connectivity index (χ3v) is 3.07. The summed E-state index contributed by atoms with van der Waals surface area (Å²) >= 11 is 5.70. The molecule has 1 aliphatic rings. The van der Waals surface area contributed by atoms with Gasteiger partial charge in [-0.1, -0.05) is 12.8 Å². The molecular formula is C10H15ClN2. The number of hydrogen-bond acceptors (Lipinski definition) is 1. The number of aromatic nitrogens is 2. The highest BCUT2D eigenvalue weighted by molar-refractivity contribution is 6.17. The van der Waals surface area contributed by atoms with Crippen LogP contribution in [0, 0.1) is 5.92 Å². The molecule has 0 amide bonds. The van der Waals surface area contributed by atoms with Crippen molar-refractivity contribution >= 4 is 11.6 Å². The number of halogens is 1. The predicted molar refractivity (Wildman–Crippen MR) is 53.7 cm³/mol. The topological polar surface area (TPSA) is 17.8 Å². The molecular weight excluding hydrogens is 184 g/mol. The summed E-state index contributed by atoms with van der Waals surface area (Å²) in [5.74, 6) is 1.42. The van der Waals surface area contributed by atoms with Crippen LogP contribution < -0.4 is 0 Å². The number of alkyl halides is 1. The number of rotatable bonds is 3. The highest BCUT2D eigenvalue weighted by Crippen LogP contribution is 2.25. The maximum atomic E-state index is 5.70. The van der Waals surface area contributed by atoms with Crippen LogP contribution in [0.15, 0.2) is 12.4 Å². The molecule has 1 fully saturated rings. The minimum Gasteiger partial charge on any atom is -0.272 e. The summed E-state index contributed by atoms with van der Waals surface area (Å²) in [4.78, 5) is 0. The van der Waals surface area contributed by atoms with Crippen molar-refractivity contribution in [3.8, 4) is 0 Å². The summed E-state index contributed by atoms with van der Waals surface area (Å²) in [6.45, 7) is 1.08. The quantitative estimate of drug-likeness (QED) is 0.683. The SMILES string of the molecule is ClCc1cnn(CC2CCCC2)c1. The van der Waals surface area contributed by atoms with E-state index in [2.05, 4.69) is 11.3 Å². The molecule has 0 N–H and O–H groups in total. The van der Waals surface area contributed by atoms with Crippen LogP contribution in [-0.4, -0.2) is 9.78 Å². The molecule has 0 atom stereocenters. The molecule has 1 aromatic heterocycles. The normalized spacial score (nSPS) is 18.2. The monoisotopic (exact) mass is 198 g/mol. The Morgan fingerprint density at radius 2 is 2.23 bits per heavy atom. The van der Waals surface area contributed by atoms with Crippen molar-refractivity contribution < 1.29 is 0 Å². The smallest absolute Gasteiger partial charge is 0.0533 e. The second-order valence-corrected chi connectivity index (χ2v) is 4.12. The van der Waals surface area contributed by atoms with Gasteiger partial charge in [-0.25, -0.2) is 0 Å². The van der Waals surface area contributed by atoms with E-state index in [9.17, 15) is 0 Å². The Morgan fingerprint density at radius 1 is 1.46 bits per heavy atom. The van der Waals surface area contributed by atoms with Gasteiger partial charge in [0.25, 0.3) is 0 Å². The molecule has 0 aromatic carbocycles. The molecule has 3 heteroatoms. The second-order valence-electron chi connectivity index (χ2n) is 3.85. The summed E-state index contributed by atoms with van der Waals surface area (Å²) in [5.41, 5.74) is 1.12. The van der Waals surface area contributed by atoms with Crippen molar-refractivity contribution in [2.45, 2.75) is 38.1 Å². The maximum Gasteiger partial charge on any atom is 0.0533 e. The third kappa shape index (κ3) is 2.25. The molecule has 1 heterocycles. The van der Waals surface area contributed by atoms with Crippen LogP contribution in [0.25, 0.3) is 0 Å². The first kappa shape index (κ1) is 9.07. The van der Waals surface area contributed by atoms with Crippen molar-refractivity contribution in [1.29, 1.82) is 0 Å². The molecule has 72 valence electrons. The zero-order valence-electron chi connectivity index (χ0n) is 7.75. The van der Waals surface area contributed by atoms with E-state index in [1.807, 2.05) is 10.9 Å². The van der Waals surface area contributed by atoms with E-state index in [1.165, 1.54) is 25.7 Å². The molecule has 13 heavy (non-hydrogen) atoms. The molecule has 0 saturated heterocycles. The van der Waals surface area contributed by atoms with Gasteiger partial charge in [0.15, 0.2) is 0 Å². The van der Waals surface area contributed by atoms with Gasteiger partial charge in [-0.05, 0) is 18.8 Å². The van der Waals surface area contributed by atoms with Crippen molar-refractivity contribution in [2.24, 2.45) is 5.92 Å². The Bertz CT molecular complexity index is 264. The lowest BCUT2D eigenvalue weighted by Gasteiger charge is -2.07. The van der Waals surface area contributed by atoms with Crippen LogP contribution in [-0.2, 0) is 12.4 Å². The van der Waals surface area contributed by atoms with Gasteiger partial charge in [0.2, 0.25) is 0 Å². The first-order valence-corrected chi connectivity index (χ1v) is 5.49. The molecule has 1 aromatic rings. The fraction of sp³-hybridized carbons (Fsp3) is 0.700. The zero-order valence-corrected chi connectivity index (χ0v) is 8.50. The van der Waals surface area contributed by atoms with E-state index in [0.29, 0.717) is 5.88 Å². The lowest BCUT2D eigenvalue weighted by molar-refractivity contribution is 0.429. The minimum atomic E-state index is 0.574. The predicted octanol–water partition coefficient (Wildman–Crippen LogP) is 2.81. The maximum absolute atomic E-state index is 5.70. The standard InChI is InChI=1S/C10H15ClN2/c11-5-10-6-12-13(8-10)7-9-3-1-2-4-9/h6,8-9H,1-5,7H2. The van der Waals surface area contributed by atoms with Gasteiger partial charge < -0.3 is 0 Å². The van der Waals surface area contributed by atoms with Crippen molar-refractivity contribution in [3.05, 3.63) is 18.0 Å². The van der Waals surface area contributed by atoms with Gasteiger partial charge in [0.1, 0.15) is 0 Å². The molecule has 1 saturated carbocycles. The fourth-order valence-corrected chi connectivity index (χ4v) is 2.17. The first-order chi connectivity index (χ1) is 6.38. The van der Waals surface area contributed by atoms with Gasteiger partial charge in [0, 0.05) is 18.3 Å². The lowest BCUT2D eigenvalue weighted by atomic mass is 10.1. The summed E-state index contributed by atoms with van der Waals surface area (Å²) in [7, 11) is 0. The highest BCUT2D eigenvalue weighted by atomic mass is 35.5. The Morgan fingerprint density at radius 3 is 2.85 bits per heavy atom. The molecule has 2 rings (SSSR count). The van der Waals surface area contributed by atoms with Gasteiger partial charge in [-0.3, -0.25) is 4.68 Å². The van der Waals surface area contributed by atoms with Crippen molar-refractivity contribution in [3.63, 3.8) is 0 Å². The van der Waals surface area contributed by atoms with E-state index in [1.54, 1.807) is 0 Å². The average molecular weight is 199 g/mol. The van der Waals surface area contributed by atoms with Crippen LogP contribution >= 0.6 is 11.6 Å². The van der Waals surface area contributed by atoms with Gasteiger partial charge in [0.05, 0.1) is 12.1 Å². The molecule has 1 aliphatic carbocycles. The van der Waals surface area contributed by atoms with Crippen molar-refractivity contribution in [2.75, 3.05) is 0 Å². The van der Waals surface area contributed by atoms with Crippen LogP contribution in [0.2, 0.25) is 0 Å². The van der Waals surface area contributed by atoms with Gasteiger partial charge >= 0.3 is 0 Å². The van der Waals surface area contributed by atoms with E-state index >= 15 is 0 Å². The van der Waals surface area contributed by atoms with E-state index in [0.717, 1.165) is 18.0 Å². The number of hydrogen-bond donors (Lipinski definition) is 0. The Labute approximate surface area is 83.9 Å². The Balaban J connectivity index is 1.92. The summed E-state index contributed by atoms with van der Waals surface area (Å²) in [6, 6.07) is 0. The summed E-state index contributed by atoms with van der Waals surface area (Å²) < 4.78 is 2.04. The summed E-state index contributed by atoms with van der Waals surface area (Å²) in [6.07, 6.45) is 9.46. The van der Waals surface area contributed by atoms with E-state index < -0.39 is 0 Å². The van der Waals surface area contributed by atoms with Gasteiger partial charge in [-0.15, -0.1) is 11.6 Å². The van der Waals surface area contributed by atoms with Crippen LogP contribution in [0.4, 0.5) is 0 Å². The average Bonchev–Trinajstić information content (AvgIpc) is 2.76. The van der Waals surface area contributed by atoms with Crippen LogP contribution in [0.3, 0.4) is 0 Å². The molecule has 0 aliphatic heterocycles. The van der Waals surface area contributed by atoms with Gasteiger partial charge in [-0.2, -0.15) is 5.10 Å². The van der Waals surface area contributed by atoms with E-state index in [4.69, 9.17) is 11.6 Å². The molecule has 2 nitrogen and oxygen atoms in total. The Kier molecular flexibility index (Phi) is 2.89. The van der Waals surface area contributed by atoms with Crippen LogP contribution in [0.1, 0.15) is 31.2 Å². The fourth-order valence-electron chi connectivity index (χ4n) is 2.03. The molecule has 0 radical (unpaired) electrons. The van der Waals surface area contributed by atoms with Crippen LogP contribution in [0.5, 0.6) is 0 Å². The second kappa shape index (κ2) is 4.14. The van der Waals surface area contributed by atoms with Crippen molar-refractivity contribution in [1.82, 2.24) is 9.78 Å².